The minimum absolute atomic E-state index is 0.273. The van der Waals surface area contributed by atoms with Crippen LogP contribution >= 0.6 is 0 Å². The van der Waals surface area contributed by atoms with Gasteiger partial charge in [-0.3, -0.25) is 0 Å². The van der Waals surface area contributed by atoms with E-state index in [2.05, 4.69) is 28.0 Å². The highest BCUT2D eigenvalue weighted by Gasteiger charge is 2.34. The lowest BCUT2D eigenvalue weighted by Gasteiger charge is -2.43. The maximum Gasteiger partial charge on any atom is 0.202 e. The van der Waals surface area contributed by atoms with Crippen LogP contribution in [0.1, 0.15) is 37.4 Å². The van der Waals surface area contributed by atoms with Crippen molar-refractivity contribution < 1.29 is 0 Å². The fourth-order valence-corrected chi connectivity index (χ4v) is 3.65. The number of rotatable bonds is 2. The normalized spacial score (nSPS) is 28.1. The number of hydrogen-bond donors (Lipinski definition) is 2. The van der Waals surface area contributed by atoms with E-state index in [4.69, 9.17) is 16.5 Å². The van der Waals surface area contributed by atoms with Crippen molar-refractivity contribution in [1.82, 2.24) is 4.90 Å². The number of anilines is 1. The molecule has 5 nitrogen and oxygen atoms in total. The third kappa shape index (κ3) is 2.71. The highest BCUT2D eigenvalue weighted by Crippen LogP contribution is 2.37. The monoisotopic (exact) mass is 301 g/mol. The van der Waals surface area contributed by atoms with Gasteiger partial charge in [0.1, 0.15) is 6.17 Å². The molecular weight excluding hydrogens is 274 g/mol. The van der Waals surface area contributed by atoms with E-state index in [0.29, 0.717) is 12.0 Å². The topological polar surface area (TPSA) is 70.9 Å². The first kappa shape index (κ1) is 15.3. The highest BCUT2D eigenvalue weighted by molar-refractivity contribution is 5.98. The van der Waals surface area contributed by atoms with Crippen molar-refractivity contribution in [3.63, 3.8) is 0 Å². The van der Waals surface area contributed by atoms with Gasteiger partial charge in [0.2, 0.25) is 5.96 Å². The quantitative estimate of drug-likeness (QED) is 0.875. The molecule has 0 saturated heterocycles. The van der Waals surface area contributed by atoms with E-state index >= 15 is 0 Å². The predicted octanol–water partition coefficient (Wildman–Crippen LogP) is 1.90. The van der Waals surface area contributed by atoms with Crippen LogP contribution < -0.4 is 16.4 Å². The van der Waals surface area contributed by atoms with Crippen LogP contribution in [-0.2, 0) is 0 Å². The third-order valence-corrected chi connectivity index (χ3v) is 4.90. The molecule has 1 heterocycles. The second kappa shape index (κ2) is 6.26. The summed E-state index contributed by atoms with van der Waals surface area (Å²) in [5, 5.41) is 0. The molecule has 0 spiro atoms. The van der Waals surface area contributed by atoms with Crippen LogP contribution in [0.15, 0.2) is 29.3 Å². The number of benzene rings is 1. The molecule has 1 fully saturated rings. The summed E-state index contributed by atoms with van der Waals surface area (Å²) in [4.78, 5) is 9.21. The van der Waals surface area contributed by atoms with E-state index in [9.17, 15) is 0 Å². The molecule has 1 aliphatic heterocycles. The summed E-state index contributed by atoms with van der Waals surface area (Å²) < 4.78 is 0. The number of hydrogen-bond acceptors (Lipinski definition) is 5. The molecule has 120 valence electrons. The Hall–Kier alpha value is -1.59. The van der Waals surface area contributed by atoms with E-state index < -0.39 is 0 Å². The van der Waals surface area contributed by atoms with Gasteiger partial charge in [-0.05, 0) is 44.2 Å². The predicted molar refractivity (Wildman–Crippen MR) is 91.8 cm³/mol. The molecule has 22 heavy (non-hydrogen) atoms. The van der Waals surface area contributed by atoms with Gasteiger partial charge in [-0.15, -0.1) is 0 Å². The first-order valence-corrected chi connectivity index (χ1v) is 8.20. The lowest BCUT2D eigenvalue weighted by Crippen LogP contribution is -2.51. The maximum atomic E-state index is 6.25. The number of para-hydroxylation sites is 1. The fraction of sp³-hybridized carbons (Fsp3) is 0.588. The number of fused-ring (bicyclic) bond motifs is 1. The van der Waals surface area contributed by atoms with E-state index in [1.165, 1.54) is 18.5 Å². The molecule has 0 amide bonds. The molecule has 5 heteroatoms. The van der Waals surface area contributed by atoms with Crippen molar-refractivity contribution in [1.29, 1.82) is 0 Å². The van der Waals surface area contributed by atoms with Gasteiger partial charge in [0.15, 0.2) is 0 Å². The molecule has 4 N–H and O–H groups in total. The van der Waals surface area contributed by atoms with E-state index in [0.717, 1.165) is 30.9 Å². The molecule has 1 unspecified atom stereocenters. The van der Waals surface area contributed by atoms with Gasteiger partial charge < -0.3 is 21.3 Å². The van der Waals surface area contributed by atoms with Crippen LogP contribution in [0.5, 0.6) is 0 Å². The third-order valence-electron chi connectivity index (χ3n) is 4.90. The van der Waals surface area contributed by atoms with Gasteiger partial charge in [0, 0.05) is 25.7 Å². The van der Waals surface area contributed by atoms with Crippen LogP contribution in [0.25, 0.3) is 0 Å². The Bertz CT molecular complexity index is 546. The van der Waals surface area contributed by atoms with Gasteiger partial charge in [0.05, 0.1) is 5.69 Å². The number of nitrogens with zero attached hydrogens (tertiary/aromatic N) is 3. The molecule has 2 aliphatic rings. The molecule has 1 saturated carbocycles. The van der Waals surface area contributed by atoms with Crippen molar-refractivity contribution in [3.8, 4) is 0 Å². The van der Waals surface area contributed by atoms with Crippen molar-refractivity contribution in [2.24, 2.45) is 22.4 Å². The Labute approximate surface area is 133 Å². The molecular formula is C17H27N5. The largest absolute Gasteiger partial charge is 0.349 e. The molecule has 3 rings (SSSR count). The van der Waals surface area contributed by atoms with Gasteiger partial charge in [-0.1, -0.05) is 18.2 Å². The summed E-state index contributed by atoms with van der Waals surface area (Å²) in [7, 11) is 4.08. The molecule has 0 bridgehead atoms. The van der Waals surface area contributed by atoms with Crippen molar-refractivity contribution >= 4 is 11.6 Å². The molecule has 1 aromatic carbocycles. The summed E-state index contributed by atoms with van der Waals surface area (Å²) in [6.45, 7) is 0.808. The van der Waals surface area contributed by atoms with Crippen molar-refractivity contribution in [2.45, 2.75) is 37.9 Å². The SMILES string of the molecule is CN(C)C1=NC(N)c2ccccc2N1C1CCC(CN)CC1. The summed E-state index contributed by atoms with van der Waals surface area (Å²) in [6.07, 6.45) is 4.46. The van der Waals surface area contributed by atoms with Crippen molar-refractivity contribution in [2.75, 3.05) is 25.5 Å². The summed E-state index contributed by atoms with van der Waals surface area (Å²) in [5.74, 6) is 1.65. The zero-order chi connectivity index (χ0) is 15.7. The van der Waals surface area contributed by atoms with E-state index in [1.807, 2.05) is 20.2 Å². The average Bonchev–Trinajstić information content (AvgIpc) is 2.55. The molecule has 1 aromatic rings. The van der Waals surface area contributed by atoms with Gasteiger partial charge >= 0.3 is 0 Å². The highest BCUT2D eigenvalue weighted by atomic mass is 15.4. The minimum Gasteiger partial charge on any atom is -0.349 e. The number of nitrogens with two attached hydrogens (primary N) is 2. The lowest BCUT2D eigenvalue weighted by molar-refractivity contribution is 0.328. The first-order valence-electron chi connectivity index (χ1n) is 8.20. The van der Waals surface area contributed by atoms with E-state index in [1.54, 1.807) is 0 Å². The zero-order valence-electron chi connectivity index (χ0n) is 13.6. The Balaban J connectivity index is 1.93. The number of aliphatic imine (C=N–C) groups is 1. The Morgan fingerprint density at radius 1 is 1.18 bits per heavy atom. The van der Waals surface area contributed by atoms with Crippen molar-refractivity contribution in [3.05, 3.63) is 29.8 Å². The zero-order valence-corrected chi connectivity index (χ0v) is 13.6. The van der Waals surface area contributed by atoms with E-state index in [-0.39, 0.29) is 6.17 Å². The number of guanidine groups is 1. The Kier molecular flexibility index (Phi) is 4.36. The molecule has 0 aromatic heterocycles. The second-order valence-corrected chi connectivity index (χ2v) is 6.61. The maximum absolute atomic E-state index is 6.25. The molecule has 0 radical (unpaired) electrons. The molecule has 1 atom stereocenters. The smallest absolute Gasteiger partial charge is 0.202 e. The average molecular weight is 301 g/mol. The lowest BCUT2D eigenvalue weighted by atomic mass is 9.85. The summed E-state index contributed by atoms with van der Waals surface area (Å²) in [6, 6.07) is 8.87. The molecule has 1 aliphatic carbocycles. The minimum atomic E-state index is -0.273. The van der Waals surface area contributed by atoms with Crippen LogP contribution in [-0.4, -0.2) is 37.5 Å². The Morgan fingerprint density at radius 3 is 2.50 bits per heavy atom. The summed E-state index contributed by atoms with van der Waals surface area (Å²) >= 11 is 0. The first-order chi connectivity index (χ1) is 10.6. The summed E-state index contributed by atoms with van der Waals surface area (Å²) in [5.41, 5.74) is 14.4. The standard InChI is InChI=1S/C17H27N5/c1-21(2)17-20-16(19)14-5-3-4-6-15(14)22(17)13-9-7-12(11-18)8-10-13/h3-6,12-13,16H,7-11,18-19H2,1-2H3. The second-order valence-electron chi connectivity index (χ2n) is 6.61. The van der Waals surface area contributed by atoms with Crippen LogP contribution in [0.2, 0.25) is 0 Å². The Morgan fingerprint density at radius 2 is 1.86 bits per heavy atom. The van der Waals surface area contributed by atoms with Gasteiger partial charge in [-0.2, -0.15) is 0 Å². The fourth-order valence-electron chi connectivity index (χ4n) is 3.65. The van der Waals surface area contributed by atoms with Crippen LogP contribution in [0, 0.1) is 5.92 Å². The van der Waals surface area contributed by atoms with Crippen LogP contribution in [0.3, 0.4) is 0 Å². The van der Waals surface area contributed by atoms with Gasteiger partial charge in [0.25, 0.3) is 0 Å². The van der Waals surface area contributed by atoms with Crippen LogP contribution in [0.4, 0.5) is 5.69 Å². The van der Waals surface area contributed by atoms with Gasteiger partial charge in [-0.25, -0.2) is 4.99 Å².